The van der Waals surface area contributed by atoms with Gasteiger partial charge < -0.3 is 10.1 Å². The summed E-state index contributed by atoms with van der Waals surface area (Å²) in [5.41, 5.74) is 2.95. The Hall–Kier alpha value is -0.860. The number of rotatable bonds is 7. The van der Waals surface area contributed by atoms with Gasteiger partial charge in [-0.25, -0.2) is 0 Å². The van der Waals surface area contributed by atoms with E-state index in [0.717, 1.165) is 19.6 Å². The van der Waals surface area contributed by atoms with Gasteiger partial charge in [-0.15, -0.1) is 0 Å². The maximum atomic E-state index is 5.16. The Morgan fingerprint density at radius 2 is 2.06 bits per heavy atom. The summed E-state index contributed by atoms with van der Waals surface area (Å²) in [6, 6.07) is 9.09. The summed E-state index contributed by atoms with van der Waals surface area (Å²) >= 11 is 0. The molecule has 0 radical (unpaired) electrons. The van der Waals surface area contributed by atoms with E-state index in [2.05, 4.69) is 57.3 Å². The molecule has 0 aromatic heterocycles. The third-order valence-corrected chi connectivity index (χ3v) is 3.41. The molecule has 1 rings (SSSR count). The summed E-state index contributed by atoms with van der Waals surface area (Å²) < 4.78 is 5.16. The van der Waals surface area contributed by atoms with E-state index in [4.69, 9.17) is 4.74 Å². The van der Waals surface area contributed by atoms with Gasteiger partial charge in [-0.05, 0) is 31.2 Å². The molecule has 1 atom stereocenters. The lowest BCUT2D eigenvalue weighted by Gasteiger charge is -2.27. The number of hydrogen-bond donors (Lipinski definition) is 1. The van der Waals surface area contributed by atoms with Gasteiger partial charge in [-0.1, -0.05) is 43.7 Å². The molecular weight excluding hydrogens is 222 g/mol. The van der Waals surface area contributed by atoms with E-state index in [9.17, 15) is 0 Å². The van der Waals surface area contributed by atoms with Crippen molar-refractivity contribution in [2.24, 2.45) is 5.41 Å². The molecule has 0 heterocycles. The summed E-state index contributed by atoms with van der Waals surface area (Å²) in [7, 11) is 1.76. The van der Waals surface area contributed by atoms with Gasteiger partial charge in [0.15, 0.2) is 0 Å². The van der Waals surface area contributed by atoms with Gasteiger partial charge in [0.1, 0.15) is 0 Å². The Kier molecular flexibility index (Phi) is 5.83. The monoisotopic (exact) mass is 249 g/mol. The Morgan fingerprint density at radius 3 is 2.67 bits per heavy atom. The molecule has 0 aliphatic rings. The van der Waals surface area contributed by atoms with E-state index in [1.807, 2.05) is 0 Å². The van der Waals surface area contributed by atoms with Gasteiger partial charge in [0, 0.05) is 26.3 Å². The zero-order chi connectivity index (χ0) is 13.6. The molecular formula is C16H27NO. The van der Waals surface area contributed by atoms with Crippen molar-refractivity contribution < 1.29 is 4.74 Å². The SMILES string of the molecule is COCCC(C)(C)CNC(C)c1cccc(C)c1. The standard InChI is InChI=1S/C16H27NO/c1-13-7-6-8-15(11-13)14(2)17-12-16(3,4)9-10-18-5/h6-8,11,14,17H,9-10,12H2,1-5H3. The molecule has 0 aliphatic heterocycles. The van der Waals surface area contributed by atoms with Gasteiger partial charge >= 0.3 is 0 Å². The second-order valence-corrected chi connectivity index (χ2v) is 5.92. The predicted molar refractivity (Wildman–Crippen MR) is 77.9 cm³/mol. The highest BCUT2D eigenvalue weighted by atomic mass is 16.5. The lowest BCUT2D eigenvalue weighted by molar-refractivity contribution is 0.149. The first kappa shape index (κ1) is 15.2. The molecule has 0 bridgehead atoms. The first-order chi connectivity index (χ1) is 8.44. The molecule has 2 heteroatoms. The average Bonchev–Trinajstić information content (AvgIpc) is 2.34. The highest BCUT2D eigenvalue weighted by Crippen LogP contribution is 2.21. The van der Waals surface area contributed by atoms with Crippen LogP contribution in [0.3, 0.4) is 0 Å². The van der Waals surface area contributed by atoms with Gasteiger partial charge in [-0.2, -0.15) is 0 Å². The molecule has 0 spiro atoms. The van der Waals surface area contributed by atoms with Crippen molar-refractivity contribution in [1.29, 1.82) is 0 Å². The molecule has 18 heavy (non-hydrogen) atoms. The van der Waals surface area contributed by atoms with E-state index < -0.39 is 0 Å². The number of ether oxygens (including phenoxy) is 1. The Bertz CT molecular complexity index is 360. The molecule has 0 saturated carbocycles. The van der Waals surface area contributed by atoms with Crippen LogP contribution in [0, 0.1) is 12.3 Å². The van der Waals surface area contributed by atoms with E-state index in [1.54, 1.807) is 7.11 Å². The van der Waals surface area contributed by atoms with Gasteiger partial charge in [0.2, 0.25) is 0 Å². The molecule has 0 saturated heterocycles. The second-order valence-electron chi connectivity index (χ2n) is 5.92. The first-order valence-corrected chi connectivity index (χ1v) is 6.73. The Morgan fingerprint density at radius 1 is 1.33 bits per heavy atom. The number of methoxy groups -OCH3 is 1. The van der Waals surface area contributed by atoms with Crippen LogP contribution in [0.4, 0.5) is 0 Å². The normalized spacial score (nSPS) is 13.6. The van der Waals surface area contributed by atoms with Crippen LogP contribution in [0.5, 0.6) is 0 Å². The maximum Gasteiger partial charge on any atom is 0.0467 e. The quantitative estimate of drug-likeness (QED) is 0.795. The van der Waals surface area contributed by atoms with Crippen molar-refractivity contribution in [2.75, 3.05) is 20.3 Å². The topological polar surface area (TPSA) is 21.3 Å². The molecule has 1 N–H and O–H groups in total. The second kappa shape index (κ2) is 6.91. The summed E-state index contributed by atoms with van der Waals surface area (Å²) in [6.45, 7) is 10.8. The molecule has 2 nitrogen and oxygen atoms in total. The molecule has 1 aromatic carbocycles. The van der Waals surface area contributed by atoms with E-state index >= 15 is 0 Å². The van der Waals surface area contributed by atoms with Gasteiger partial charge in [0.25, 0.3) is 0 Å². The molecule has 0 aliphatic carbocycles. The fourth-order valence-corrected chi connectivity index (χ4v) is 1.95. The minimum absolute atomic E-state index is 0.272. The van der Waals surface area contributed by atoms with Gasteiger partial charge in [0.05, 0.1) is 0 Å². The van der Waals surface area contributed by atoms with Crippen LogP contribution in [-0.4, -0.2) is 20.3 Å². The van der Waals surface area contributed by atoms with E-state index in [1.165, 1.54) is 11.1 Å². The Labute approximate surface area is 112 Å². The van der Waals surface area contributed by atoms with Gasteiger partial charge in [-0.3, -0.25) is 0 Å². The molecule has 0 amide bonds. The van der Waals surface area contributed by atoms with Crippen LogP contribution in [0.15, 0.2) is 24.3 Å². The highest BCUT2D eigenvalue weighted by molar-refractivity contribution is 5.24. The van der Waals surface area contributed by atoms with E-state index in [-0.39, 0.29) is 5.41 Å². The van der Waals surface area contributed by atoms with Crippen LogP contribution in [0.2, 0.25) is 0 Å². The van der Waals surface area contributed by atoms with E-state index in [0.29, 0.717) is 6.04 Å². The zero-order valence-electron chi connectivity index (χ0n) is 12.4. The molecule has 0 fully saturated rings. The van der Waals surface area contributed by atoms with Crippen LogP contribution in [-0.2, 0) is 4.74 Å². The average molecular weight is 249 g/mol. The predicted octanol–water partition coefficient (Wildman–Crippen LogP) is 3.71. The zero-order valence-corrected chi connectivity index (χ0v) is 12.4. The van der Waals surface area contributed by atoms with Crippen molar-refractivity contribution >= 4 is 0 Å². The number of aryl methyl sites for hydroxylation is 1. The smallest absolute Gasteiger partial charge is 0.0467 e. The van der Waals surface area contributed by atoms with Crippen LogP contribution in [0.25, 0.3) is 0 Å². The third kappa shape index (κ3) is 5.19. The maximum absolute atomic E-state index is 5.16. The largest absolute Gasteiger partial charge is 0.385 e. The van der Waals surface area contributed by atoms with Crippen molar-refractivity contribution in [1.82, 2.24) is 5.32 Å². The number of benzene rings is 1. The van der Waals surface area contributed by atoms with Crippen LogP contribution >= 0.6 is 0 Å². The lowest BCUT2D eigenvalue weighted by Crippen LogP contribution is -2.32. The van der Waals surface area contributed by atoms with Crippen molar-refractivity contribution in [3.05, 3.63) is 35.4 Å². The Balaban J connectivity index is 2.48. The minimum Gasteiger partial charge on any atom is -0.385 e. The van der Waals surface area contributed by atoms with Crippen molar-refractivity contribution in [3.63, 3.8) is 0 Å². The third-order valence-electron chi connectivity index (χ3n) is 3.41. The highest BCUT2D eigenvalue weighted by Gasteiger charge is 2.18. The first-order valence-electron chi connectivity index (χ1n) is 6.73. The number of hydrogen-bond acceptors (Lipinski definition) is 2. The summed E-state index contributed by atoms with van der Waals surface area (Å²) in [5, 5.41) is 3.62. The summed E-state index contributed by atoms with van der Waals surface area (Å²) in [4.78, 5) is 0. The van der Waals surface area contributed by atoms with Crippen LogP contribution < -0.4 is 5.32 Å². The molecule has 1 unspecified atom stereocenters. The van der Waals surface area contributed by atoms with Crippen molar-refractivity contribution in [2.45, 2.75) is 40.2 Å². The summed E-state index contributed by atoms with van der Waals surface area (Å²) in [5.74, 6) is 0. The minimum atomic E-state index is 0.272. The summed E-state index contributed by atoms with van der Waals surface area (Å²) in [6.07, 6.45) is 1.08. The lowest BCUT2D eigenvalue weighted by atomic mass is 9.89. The molecule has 1 aromatic rings. The number of nitrogens with one attached hydrogen (secondary N) is 1. The van der Waals surface area contributed by atoms with Crippen LogP contribution in [0.1, 0.15) is 44.4 Å². The van der Waals surface area contributed by atoms with Crippen molar-refractivity contribution in [3.8, 4) is 0 Å². The fraction of sp³-hybridized carbons (Fsp3) is 0.625. The fourth-order valence-electron chi connectivity index (χ4n) is 1.95. The molecule has 102 valence electrons.